The fourth-order valence-electron chi connectivity index (χ4n) is 4.58. The van der Waals surface area contributed by atoms with E-state index in [1.165, 1.54) is 7.11 Å². The van der Waals surface area contributed by atoms with Crippen LogP contribution in [0, 0.1) is 0 Å². The molecule has 2 atom stereocenters. The highest BCUT2D eigenvalue weighted by Crippen LogP contribution is 2.45. The highest BCUT2D eigenvalue weighted by molar-refractivity contribution is 6.32. The quantitative estimate of drug-likeness (QED) is 0.409. The number of carbonyl (C=O) groups excluding carboxylic acids is 3. The zero-order chi connectivity index (χ0) is 24.1. The molecule has 2 aliphatic rings. The molecule has 5 rings (SSSR count). The third-order valence-corrected chi connectivity index (χ3v) is 6.63. The summed E-state index contributed by atoms with van der Waals surface area (Å²) in [6, 6.07) is 17.9. The van der Waals surface area contributed by atoms with E-state index >= 15 is 0 Å². The number of methoxy groups -OCH3 is 1. The minimum atomic E-state index is -0.960. The summed E-state index contributed by atoms with van der Waals surface area (Å²) >= 11 is 6.34. The van der Waals surface area contributed by atoms with E-state index < -0.39 is 23.9 Å². The predicted octanol–water partition coefficient (Wildman–Crippen LogP) is 4.17. The largest absolute Gasteiger partial charge is 0.495 e. The van der Waals surface area contributed by atoms with Gasteiger partial charge in [-0.05, 0) is 48.0 Å². The van der Waals surface area contributed by atoms with Gasteiger partial charge < -0.3 is 14.5 Å². The molecular formula is C26H22ClN3O4. The van der Waals surface area contributed by atoms with Crippen molar-refractivity contribution in [2.45, 2.75) is 12.1 Å². The fraction of sp³-hybridized carbons (Fsp3) is 0.192. The van der Waals surface area contributed by atoms with E-state index in [2.05, 4.69) is 0 Å². The Morgan fingerprint density at radius 1 is 0.824 bits per heavy atom. The van der Waals surface area contributed by atoms with Crippen LogP contribution in [0.15, 0.2) is 66.7 Å². The van der Waals surface area contributed by atoms with Crippen LogP contribution in [0.5, 0.6) is 5.75 Å². The monoisotopic (exact) mass is 475 g/mol. The first-order valence-corrected chi connectivity index (χ1v) is 11.1. The van der Waals surface area contributed by atoms with Crippen molar-refractivity contribution in [2.24, 2.45) is 0 Å². The fourth-order valence-corrected chi connectivity index (χ4v) is 4.83. The van der Waals surface area contributed by atoms with Crippen molar-refractivity contribution in [3.63, 3.8) is 0 Å². The van der Waals surface area contributed by atoms with Gasteiger partial charge in [0.1, 0.15) is 11.8 Å². The number of anilines is 2. The van der Waals surface area contributed by atoms with Gasteiger partial charge in [0.15, 0.2) is 0 Å². The van der Waals surface area contributed by atoms with Gasteiger partial charge in [-0.1, -0.05) is 35.9 Å². The molecule has 0 bridgehead atoms. The molecule has 2 aliphatic heterocycles. The second-order valence-electron chi connectivity index (χ2n) is 8.43. The molecule has 0 aliphatic carbocycles. The molecule has 0 spiro atoms. The van der Waals surface area contributed by atoms with Crippen molar-refractivity contribution in [3.05, 3.63) is 88.4 Å². The average Bonchev–Trinajstić information content (AvgIpc) is 3.08. The van der Waals surface area contributed by atoms with Crippen molar-refractivity contribution in [1.29, 1.82) is 0 Å². The Labute approximate surface area is 202 Å². The lowest BCUT2D eigenvalue weighted by Crippen LogP contribution is -2.67. The predicted molar refractivity (Wildman–Crippen MR) is 130 cm³/mol. The normalized spacial score (nSPS) is 19.2. The molecule has 0 saturated carbocycles. The zero-order valence-corrected chi connectivity index (χ0v) is 19.6. The first-order chi connectivity index (χ1) is 16.3. The maximum atomic E-state index is 13.5. The van der Waals surface area contributed by atoms with Crippen molar-refractivity contribution < 1.29 is 19.1 Å². The lowest BCUT2D eigenvalue weighted by molar-refractivity contribution is -0.130. The number of rotatable bonds is 5. The number of hydrogen-bond donors (Lipinski definition) is 0. The summed E-state index contributed by atoms with van der Waals surface area (Å²) in [6.07, 6.45) is 0. The molecular weight excluding hydrogens is 454 g/mol. The van der Waals surface area contributed by atoms with E-state index in [4.69, 9.17) is 16.3 Å². The molecule has 1 fully saturated rings. The molecule has 2 heterocycles. The number of hydrogen-bond acceptors (Lipinski definition) is 5. The number of nitrogens with zero attached hydrogens (tertiary/aromatic N) is 3. The molecule has 0 aromatic heterocycles. The number of carbonyl (C=O) groups is 3. The van der Waals surface area contributed by atoms with Crippen molar-refractivity contribution in [3.8, 4) is 5.75 Å². The van der Waals surface area contributed by atoms with Gasteiger partial charge in [0.2, 0.25) is 0 Å². The van der Waals surface area contributed by atoms with Crippen LogP contribution in [0.3, 0.4) is 0 Å². The Kier molecular flexibility index (Phi) is 5.29. The number of ether oxygens (including phenoxy) is 1. The summed E-state index contributed by atoms with van der Waals surface area (Å²) in [5.41, 5.74) is 2.98. The lowest BCUT2D eigenvalue weighted by atomic mass is 9.86. The molecule has 3 aromatic carbocycles. The minimum absolute atomic E-state index is 0.313. The molecule has 0 radical (unpaired) electrons. The minimum Gasteiger partial charge on any atom is -0.495 e. The van der Waals surface area contributed by atoms with Crippen LogP contribution in [0.4, 0.5) is 11.4 Å². The Balaban J connectivity index is 1.58. The van der Waals surface area contributed by atoms with Crippen LogP contribution >= 0.6 is 11.6 Å². The molecule has 1 saturated heterocycles. The first kappa shape index (κ1) is 22.0. The summed E-state index contributed by atoms with van der Waals surface area (Å²) in [5, 5.41) is 0.360. The molecule has 34 heavy (non-hydrogen) atoms. The maximum Gasteiger partial charge on any atom is 0.262 e. The second kappa shape index (κ2) is 8.18. The number of imide groups is 1. The highest BCUT2D eigenvalue weighted by Gasteiger charge is 2.57. The van der Waals surface area contributed by atoms with Crippen LogP contribution in [0.1, 0.15) is 32.3 Å². The second-order valence-corrected chi connectivity index (χ2v) is 8.84. The SMILES string of the molecule is COc1ccc(N2C(=O)[C@@H](N3C(=O)c4ccccc4C3=O)[C@H]2c2ccc(N(C)C)cc2)cc1Cl. The summed E-state index contributed by atoms with van der Waals surface area (Å²) in [7, 11) is 5.40. The molecule has 3 amide bonds. The van der Waals surface area contributed by atoms with Gasteiger partial charge in [-0.2, -0.15) is 0 Å². The Bertz CT molecular complexity index is 1290. The Morgan fingerprint density at radius 3 is 1.97 bits per heavy atom. The summed E-state index contributed by atoms with van der Waals surface area (Å²) in [5.74, 6) is -0.776. The molecule has 7 nitrogen and oxygen atoms in total. The smallest absolute Gasteiger partial charge is 0.262 e. The number of halogens is 1. The van der Waals surface area contributed by atoms with Crippen LogP contribution in [0.25, 0.3) is 0 Å². The van der Waals surface area contributed by atoms with Crippen molar-refractivity contribution >= 4 is 40.7 Å². The molecule has 3 aromatic rings. The van der Waals surface area contributed by atoms with Gasteiger partial charge >= 0.3 is 0 Å². The summed E-state index contributed by atoms with van der Waals surface area (Å²) in [4.78, 5) is 44.5. The maximum absolute atomic E-state index is 13.5. The molecule has 0 unspecified atom stereocenters. The Hall–Kier alpha value is -3.84. The van der Waals surface area contributed by atoms with E-state index in [-0.39, 0.29) is 5.91 Å². The number of β-lactam (4-membered cyclic amide) rings is 1. The van der Waals surface area contributed by atoms with Crippen LogP contribution in [-0.4, -0.2) is 49.9 Å². The average molecular weight is 476 g/mol. The van der Waals surface area contributed by atoms with Crippen LogP contribution in [-0.2, 0) is 4.79 Å². The van der Waals surface area contributed by atoms with E-state index in [1.54, 1.807) is 47.4 Å². The molecule has 0 N–H and O–H groups in total. The van der Waals surface area contributed by atoms with Crippen LogP contribution < -0.4 is 14.5 Å². The van der Waals surface area contributed by atoms with Crippen LogP contribution in [0.2, 0.25) is 5.02 Å². The third kappa shape index (κ3) is 3.23. The number of benzene rings is 3. The van der Waals surface area contributed by atoms with Gasteiger partial charge in [0.25, 0.3) is 17.7 Å². The van der Waals surface area contributed by atoms with E-state index in [0.717, 1.165) is 16.2 Å². The van der Waals surface area contributed by atoms with Crippen molar-refractivity contribution in [1.82, 2.24) is 4.90 Å². The third-order valence-electron chi connectivity index (χ3n) is 6.34. The van der Waals surface area contributed by atoms with E-state index in [0.29, 0.717) is 27.6 Å². The molecule has 172 valence electrons. The first-order valence-electron chi connectivity index (χ1n) is 10.7. The topological polar surface area (TPSA) is 70.2 Å². The standard InChI is InChI=1S/C26H22ClN3O4/c1-28(2)16-10-8-15(9-11-16)22-23(30-24(31)18-6-4-5-7-19(18)25(30)32)26(33)29(22)17-12-13-21(34-3)20(27)14-17/h4-14,22-23H,1-3H3/t22-,23+/m1/s1. The van der Waals surface area contributed by atoms with Gasteiger partial charge in [-0.15, -0.1) is 0 Å². The Morgan fingerprint density at radius 2 is 1.44 bits per heavy atom. The van der Waals surface area contributed by atoms with Crippen molar-refractivity contribution in [2.75, 3.05) is 31.0 Å². The highest BCUT2D eigenvalue weighted by atomic mass is 35.5. The molecule has 8 heteroatoms. The van der Waals surface area contributed by atoms with E-state index in [9.17, 15) is 14.4 Å². The summed E-state index contributed by atoms with van der Waals surface area (Å²) in [6.45, 7) is 0. The van der Waals surface area contributed by atoms with Gasteiger partial charge in [0, 0.05) is 25.5 Å². The number of amides is 3. The van der Waals surface area contributed by atoms with E-state index in [1.807, 2.05) is 43.3 Å². The number of fused-ring (bicyclic) bond motifs is 1. The summed E-state index contributed by atoms with van der Waals surface area (Å²) < 4.78 is 5.23. The lowest BCUT2D eigenvalue weighted by Gasteiger charge is -2.49. The van der Waals surface area contributed by atoms with Gasteiger partial charge in [0.05, 0.1) is 29.3 Å². The zero-order valence-electron chi connectivity index (χ0n) is 18.9. The van der Waals surface area contributed by atoms with Gasteiger partial charge in [-0.25, -0.2) is 0 Å². The van der Waals surface area contributed by atoms with Gasteiger partial charge in [-0.3, -0.25) is 19.3 Å².